The average molecular weight is 253 g/mol. The second-order valence-corrected chi connectivity index (χ2v) is 3.66. The lowest BCUT2D eigenvalue weighted by Crippen LogP contribution is -2.13. The highest BCUT2D eigenvalue weighted by molar-refractivity contribution is 7.80. The molecule has 1 heteroatoms. The molecule has 0 aromatic heterocycles. The van der Waals surface area contributed by atoms with Crippen molar-refractivity contribution in [3.05, 3.63) is 0 Å². The van der Waals surface area contributed by atoms with Crippen LogP contribution in [0.5, 0.6) is 0 Å². The van der Waals surface area contributed by atoms with Gasteiger partial charge in [-0.15, -0.1) is 0 Å². The SMILES string of the molecule is CC.CC.CC.CC.CC(C)C(C)C(C)S. The molecule has 0 heterocycles. The van der Waals surface area contributed by atoms with E-state index in [0.717, 1.165) is 11.8 Å². The molecule has 106 valence electrons. The Labute approximate surface area is 113 Å². The van der Waals surface area contributed by atoms with Crippen LogP contribution in [0.2, 0.25) is 0 Å². The zero-order chi connectivity index (χ0) is 14.7. The standard InChI is InChI=1S/C7H16S.4C2H6/c1-5(2)6(3)7(4)8;4*1-2/h5-8H,1-4H3;4*1-2H3. The van der Waals surface area contributed by atoms with Gasteiger partial charge in [0.1, 0.15) is 0 Å². The molecule has 0 nitrogen and oxygen atoms in total. The van der Waals surface area contributed by atoms with E-state index in [1.807, 2.05) is 55.4 Å². The Morgan fingerprint density at radius 1 is 0.562 bits per heavy atom. The van der Waals surface area contributed by atoms with Gasteiger partial charge < -0.3 is 0 Å². The minimum absolute atomic E-state index is 0.537. The largest absolute Gasteiger partial charge is 0.176 e. The Morgan fingerprint density at radius 3 is 0.750 bits per heavy atom. The molecule has 0 spiro atoms. The van der Waals surface area contributed by atoms with Crippen LogP contribution in [-0.2, 0) is 0 Å². The van der Waals surface area contributed by atoms with Crippen LogP contribution in [0.15, 0.2) is 0 Å². The van der Waals surface area contributed by atoms with Crippen molar-refractivity contribution in [2.24, 2.45) is 11.8 Å². The molecule has 0 aliphatic heterocycles. The molecule has 0 aromatic carbocycles. The lowest BCUT2D eigenvalue weighted by atomic mass is 9.95. The van der Waals surface area contributed by atoms with Crippen LogP contribution in [0.3, 0.4) is 0 Å². The summed E-state index contributed by atoms with van der Waals surface area (Å²) >= 11 is 4.33. The van der Waals surface area contributed by atoms with Crippen LogP contribution in [0.4, 0.5) is 0 Å². The molecule has 0 N–H and O–H groups in total. The molecular weight excluding hydrogens is 212 g/mol. The summed E-state index contributed by atoms with van der Waals surface area (Å²) in [5.74, 6) is 1.50. The first kappa shape index (κ1) is 29.9. The Balaban J connectivity index is -0.0000000426. The Kier molecular flexibility index (Phi) is 67.6. The Morgan fingerprint density at radius 2 is 0.750 bits per heavy atom. The third kappa shape index (κ3) is 36.7. The summed E-state index contributed by atoms with van der Waals surface area (Å²) in [6.07, 6.45) is 0. The van der Waals surface area contributed by atoms with Gasteiger partial charge in [0.15, 0.2) is 0 Å². The molecular formula is C15H40S. The van der Waals surface area contributed by atoms with Crippen molar-refractivity contribution in [2.75, 3.05) is 0 Å². The van der Waals surface area contributed by atoms with Crippen LogP contribution < -0.4 is 0 Å². The van der Waals surface area contributed by atoms with Crippen molar-refractivity contribution in [1.29, 1.82) is 0 Å². The van der Waals surface area contributed by atoms with Gasteiger partial charge in [-0.25, -0.2) is 0 Å². The summed E-state index contributed by atoms with van der Waals surface area (Å²) in [6, 6.07) is 0. The van der Waals surface area contributed by atoms with Crippen molar-refractivity contribution in [2.45, 2.75) is 88.3 Å². The first-order valence-electron chi connectivity index (χ1n) is 7.23. The van der Waals surface area contributed by atoms with Gasteiger partial charge in [-0.05, 0) is 11.8 Å². The molecule has 0 aliphatic carbocycles. The fourth-order valence-corrected chi connectivity index (χ4v) is 0.901. The van der Waals surface area contributed by atoms with Crippen molar-refractivity contribution in [1.82, 2.24) is 0 Å². The van der Waals surface area contributed by atoms with E-state index in [1.54, 1.807) is 0 Å². The van der Waals surface area contributed by atoms with Gasteiger partial charge in [0, 0.05) is 5.25 Å². The monoisotopic (exact) mass is 252 g/mol. The predicted octanol–water partition coefficient (Wildman–Crippen LogP) is 6.70. The summed E-state index contributed by atoms with van der Waals surface area (Å²) in [6.45, 7) is 24.9. The Hall–Kier alpha value is 0.350. The Bertz CT molecular complexity index is 50.5. The lowest BCUT2D eigenvalue weighted by Gasteiger charge is -2.17. The number of rotatable bonds is 2. The molecule has 0 amide bonds. The van der Waals surface area contributed by atoms with Gasteiger partial charge in [0.05, 0.1) is 0 Å². The highest BCUT2D eigenvalue weighted by Gasteiger charge is 2.10. The molecule has 0 bridgehead atoms. The second kappa shape index (κ2) is 36.2. The number of thiol groups is 1. The second-order valence-electron chi connectivity index (χ2n) is 2.84. The zero-order valence-corrected chi connectivity index (χ0v) is 15.1. The maximum atomic E-state index is 4.33. The molecule has 0 rings (SSSR count). The van der Waals surface area contributed by atoms with Crippen LogP contribution in [0, 0.1) is 11.8 Å². The van der Waals surface area contributed by atoms with E-state index < -0.39 is 0 Å². The zero-order valence-electron chi connectivity index (χ0n) is 14.2. The van der Waals surface area contributed by atoms with Crippen LogP contribution in [-0.4, -0.2) is 5.25 Å². The molecule has 2 unspecified atom stereocenters. The quantitative estimate of drug-likeness (QED) is 0.519. The van der Waals surface area contributed by atoms with Crippen LogP contribution in [0.25, 0.3) is 0 Å². The third-order valence-corrected chi connectivity index (χ3v) is 2.28. The molecule has 0 saturated carbocycles. The van der Waals surface area contributed by atoms with Gasteiger partial charge in [0.2, 0.25) is 0 Å². The number of hydrogen-bond donors (Lipinski definition) is 1. The van der Waals surface area contributed by atoms with Gasteiger partial charge in [-0.2, -0.15) is 12.6 Å². The first-order valence-corrected chi connectivity index (χ1v) is 7.75. The summed E-state index contributed by atoms with van der Waals surface area (Å²) in [4.78, 5) is 0. The molecule has 16 heavy (non-hydrogen) atoms. The maximum Gasteiger partial charge on any atom is 0.00165 e. The van der Waals surface area contributed by atoms with E-state index in [1.165, 1.54) is 0 Å². The molecule has 2 atom stereocenters. The van der Waals surface area contributed by atoms with E-state index in [4.69, 9.17) is 0 Å². The average Bonchev–Trinajstić information content (AvgIpc) is 2.37. The minimum Gasteiger partial charge on any atom is -0.176 e. The highest BCUT2D eigenvalue weighted by atomic mass is 32.1. The van der Waals surface area contributed by atoms with Gasteiger partial charge in [0.25, 0.3) is 0 Å². The summed E-state index contributed by atoms with van der Waals surface area (Å²) in [5, 5.41) is 0.537. The van der Waals surface area contributed by atoms with E-state index >= 15 is 0 Å². The van der Waals surface area contributed by atoms with Crippen molar-refractivity contribution in [3.63, 3.8) is 0 Å². The third-order valence-electron chi connectivity index (χ3n) is 1.81. The molecule has 0 saturated heterocycles. The summed E-state index contributed by atoms with van der Waals surface area (Å²) in [7, 11) is 0. The molecule has 0 radical (unpaired) electrons. The fraction of sp³-hybridized carbons (Fsp3) is 1.00. The molecule has 0 aliphatic rings. The van der Waals surface area contributed by atoms with Crippen molar-refractivity contribution >= 4 is 12.6 Å². The van der Waals surface area contributed by atoms with E-state index in [9.17, 15) is 0 Å². The predicted molar refractivity (Wildman–Crippen MR) is 87.8 cm³/mol. The number of hydrogen-bond acceptors (Lipinski definition) is 1. The lowest BCUT2D eigenvalue weighted by molar-refractivity contribution is 0.418. The first-order chi connectivity index (χ1) is 7.55. The van der Waals surface area contributed by atoms with Crippen molar-refractivity contribution in [3.8, 4) is 0 Å². The van der Waals surface area contributed by atoms with Gasteiger partial charge in [-0.1, -0.05) is 83.1 Å². The fourth-order valence-electron chi connectivity index (χ4n) is 0.557. The normalized spacial score (nSPS) is 10.9. The smallest absolute Gasteiger partial charge is 0.00165 e. The molecule has 0 aromatic rings. The van der Waals surface area contributed by atoms with Crippen molar-refractivity contribution < 1.29 is 0 Å². The minimum atomic E-state index is 0.537. The maximum absolute atomic E-state index is 4.33. The van der Waals surface area contributed by atoms with E-state index in [-0.39, 0.29) is 0 Å². The van der Waals surface area contributed by atoms with Gasteiger partial charge in [-0.3, -0.25) is 0 Å². The van der Waals surface area contributed by atoms with E-state index in [0.29, 0.717) is 5.25 Å². The summed E-state index contributed by atoms with van der Waals surface area (Å²) in [5.41, 5.74) is 0. The van der Waals surface area contributed by atoms with E-state index in [2.05, 4.69) is 40.3 Å². The van der Waals surface area contributed by atoms with Crippen LogP contribution >= 0.6 is 12.6 Å². The van der Waals surface area contributed by atoms with Gasteiger partial charge >= 0.3 is 0 Å². The highest BCUT2D eigenvalue weighted by Crippen LogP contribution is 2.17. The summed E-state index contributed by atoms with van der Waals surface area (Å²) < 4.78 is 0. The van der Waals surface area contributed by atoms with Crippen LogP contribution in [0.1, 0.15) is 83.1 Å². The molecule has 0 fully saturated rings. The topological polar surface area (TPSA) is 0 Å².